The summed E-state index contributed by atoms with van der Waals surface area (Å²) in [4.78, 5) is 34.8. The van der Waals surface area contributed by atoms with Crippen molar-refractivity contribution in [1.82, 2.24) is 0 Å². The lowest BCUT2D eigenvalue weighted by molar-refractivity contribution is -0.142. The van der Waals surface area contributed by atoms with E-state index in [0.717, 1.165) is 38.3 Å². The van der Waals surface area contributed by atoms with Crippen LogP contribution in [0.2, 0.25) is 0 Å². The molecule has 0 amide bonds. The Morgan fingerprint density at radius 3 is 2.06 bits per heavy atom. The number of hydrogen-bond donors (Lipinski definition) is 0. The highest BCUT2D eigenvalue weighted by atomic mass is 16.1. The first-order valence-electron chi connectivity index (χ1n) is 7.18. The van der Waals surface area contributed by atoms with E-state index in [4.69, 9.17) is 0 Å². The van der Waals surface area contributed by atoms with Crippen LogP contribution >= 0.6 is 0 Å². The number of carbonyl (C=O) groups is 3. The van der Waals surface area contributed by atoms with E-state index in [9.17, 15) is 14.4 Å². The van der Waals surface area contributed by atoms with Crippen molar-refractivity contribution in [2.24, 2.45) is 17.3 Å². The largest absolute Gasteiger partial charge is 0.303 e. The number of carbonyl (C=O) groups excluding carboxylic acids is 3. The maximum absolute atomic E-state index is 12.6. The van der Waals surface area contributed by atoms with Gasteiger partial charge in [-0.25, -0.2) is 0 Å². The molecule has 0 aromatic carbocycles. The van der Waals surface area contributed by atoms with E-state index in [1.54, 1.807) is 0 Å². The first-order chi connectivity index (χ1) is 8.72. The average molecular weight is 250 g/mol. The number of ketones is 1. The molecule has 0 aromatic heterocycles. The zero-order chi connectivity index (χ0) is 13.0. The van der Waals surface area contributed by atoms with Gasteiger partial charge in [-0.3, -0.25) is 4.79 Å². The topological polar surface area (TPSA) is 51.2 Å². The highest BCUT2D eigenvalue weighted by Crippen LogP contribution is 2.41. The smallest absolute Gasteiger partial charge is 0.149 e. The van der Waals surface area contributed by atoms with Crippen LogP contribution < -0.4 is 0 Å². The predicted octanol–water partition coefficient (Wildman–Crippen LogP) is 2.71. The van der Waals surface area contributed by atoms with E-state index in [0.29, 0.717) is 25.7 Å². The Hall–Kier alpha value is -0.990. The highest BCUT2D eigenvalue weighted by Gasteiger charge is 2.44. The average Bonchev–Trinajstić information content (AvgIpc) is 2.47. The first-order valence-corrected chi connectivity index (χ1v) is 7.18. The van der Waals surface area contributed by atoms with Crippen molar-refractivity contribution in [3.8, 4) is 0 Å². The summed E-state index contributed by atoms with van der Waals surface area (Å²) in [6, 6.07) is 0. The van der Waals surface area contributed by atoms with Crippen molar-refractivity contribution in [2.45, 2.75) is 57.8 Å². The summed E-state index contributed by atoms with van der Waals surface area (Å²) < 4.78 is 0. The van der Waals surface area contributed by atoms with Crippen molar-refractivity contribution >= 4 is 18.4 Å². The summed E-state index contributed by atoms with van der Waals surface area (Å²) in [5.74, 6) is 0.315. The highest BCUT2D eigenvalue weighted by molar-refractivity contribution is 5.99. The molecule has 100 valence electrons. The van der Waals surface area contributed by atoms with Crippen molar-refractivity contribution < 1.29 is 14.4 Å². The fraction of sp³-hybridized carbons (Fsp3) is 0.800. The Bertz CT molecular complexity index is 321. The van der Waals surface area contributed by atoms with Gasteiger partial charge in [-0.2, -0.15) is 0 Å². The molecule has 0 spiro atoms. The molecule has 2 fully saturated rings. The van der Waals surface area contributed by atoms with Gasteiger partial charge in [-0.15, -0.1) is 0 Å². The SMILES string of the molecule is O=CC1CCC(C=O)(C(=O)C2CCCCC2)CC1. The summed E-state index contributed by atoms with van der Waals surface area (Å²) in [7, 11) is 0. The molecule has 3 nitrogen and oxygen atoms in total. The van der Waals surface area contributed by atoms with E-state index >= 15 is 0 Å². The summed E-state index contributed by atoms with van der Waals surface area (Å²) in [6.45, 7) is 0. The molecule has 2 aliphatic rings. The third kappa shape index (κ3) is 2.55. The minimum atomic E-state index is -0.762. The second-order valence-corrected chi connectivity index (χ2v) is 5.95. The van der Waals surface area contributed by atoms with Gasteiger partial charge < -0.3 is 9.59 Å². The van der Waals surface area contributed by atoms with E-state index in [1.165, 1.54) is 6.42 Å². The fourth-order valence-electron chi connectivity index (χ4n) is 3.48. The van der Waals surface area contributed by atoms with Gasteiger partial charge in [0.2, 0.25) is 0 Å². The second-order valence-electron chi connectivity index (χ2n) is 5.95. The van der Waals surface area contributed by atoms with Gasteiger partial charge in [0.05, 0.1) is 5.41 Å². The summed E-state index contributed by atoms with van der Waals surface area (Å²) in [5, 5.41) is 0. The molecule has 0 bridgehead atoms. The molecule has 0 atom stereocenters. The minimum Gasteiger partial charge on any atom is -0.303 e. The maximum atomic E-state index is 12.6. The molecule has 0 heterocycles. The van der Waals surface area contributed by atoms with Crippen molar-refractivity contribution in [2.75, 3.05) is 0 Å². The van der Waals surface area contributed by atoms with Crippen LogP contribution in [0.5, 0.6) is 0 Å². The molecule has 2 aliphatic carbocycles. The molecule has 3 heteroatoms. The van der Waals surface area contributed by atoms with Crippen molar-refractivity contribution in [3.63, 3.8) is 0 Å². The van der Waals surface area contributed by atoms with Crippen LogP contribution in [0, 0.1) is 17.3 Å². The number of aldehydes is 2. The Kier molecular flexibility index (Phi) is 4.31. The molecule has 0 unspecified atom stereocenters. The normalized spacial score (nSPS) is 33.9. The van der Waals surface area contributed by atoms with Crippen LogP contribution in [-0.2, 0) is 14.4 Å². The Labute approximate surface area is 108 Å². The van der Waals surface area contributed by atoms with E-state index in [-0.39, 0.29) is 17.6 Å². The molecular formula is C15H22O3. The molecule has 2 rings (SSSR count). The van der Waals surface area contributed by atoms with Crippen LogP contribution in [0.15, 0.2) is 0 Å². The summed E-state index contributed by atoms with van der Waals surface area (Å²) >= 11 is 0. The third-order valence-corrected chi connectivity index (χ3v) is 4.81. The zero-order valence-corrected chi connectivity index (χ0v) is 10.9. The van der Waals surface area contributed by atoms with Gasteiger partial charge in [0.25, 0.3) is 0 Å². The minimum absolute atomic E-state index is 0.0530. The lowest BCUT2D eigenvalue weighted by Crippen LogP contribution is -2.41. The molecule has 18 heavy (non-hydrogen) atoms. The molecule has 0 saturated heterocycles. The second kappa shape index (κ2) is 5.77. The number of hydrogen-bond acceptors (Lipinski definition) is 3. The van der Waals surface area contributed by atoms with Crippen LogP contribution in [0.25, 0.3) is 0 Å². The molecule has 0 radical (unpaired) electrons. The quantitative estimate of drug-likeness (QED) is 0.569. The van der Waals surface area contributed by atoms with Gasteiger partial charge in [-0.1, -0.05) is 19.3 Å². The van der Waals surface area contributed by atoms with E-state index in [2.05, 4.69) is 0 Å². The summed E-state index contributed by atoms with van der Waals surface area (Å²) in [5.41, 5.74) is -0.762. The van der Waals surface area contributed by atoms with Gasteiger partial charge in [0, 0.05) is 11.8 Å². The Balaban J connectivity index is 2.05. The van der Waals surface area contributed by atoms with Crippen molar-refractivity contribution in [1.29, 1.82) is 0 Å². The molecule has 2 saturated carbocycles. The van der Waals surface area contributed by atoms with Crippen LogP contribution in [0.3, 0.4) is 0 Å². The van der Waals surface area contributed by atoms with Gasteiger partial charge >= 0.3 is 0 Å². The van der Waals surface area contributed by atoms with Gasteiger partial charge in [0.15, 0.2) is 0 Å². The molecule has 0 aromatic rings. The molecular weight excluding hydrogens is 228 g/mol. The molecule has 0 aliphatic heterocycles. The summed E-state index contributed by atoms with van der Waals surface area (Å²) in [6.07, 6.45) is 9.74. The third-order valence-electron chi connectivity index (χ3n) is 4.81. The monoisotopic (exact) mass is 250 g/mol. The maximum Gasteiger partial charge on any atom is 0.149 e. The van der Waals surface area contributed by atoms with Crippen LogP contribution in [-0.4, -0.2) is 18.4 Å². The van der Waals surface area contributed by atoms with Gasteiger partial charge in [0.1, 0.15) is 18.4 Å². The Morgan fingerprint density at radius 2 is 1.56 bits per heavy atom. The van der Waals surface area contributed by atoms with Crippen molar-refractivity contribution in [3.05, 3.63) is 0 Å². The van der Waals surface area contributed by atoms with E-state index < -0.39 is 5.41 Å². The number of rotatable bonds is 4. The standard InChI is InChI=1S/C15H22O3/c16-10-12-6-8-15(11-17,9-7-12)14(18)13-4-2-1-3-5-13/h10-13H,1-9H2. The Morgan fingerprint density at radius 1 is 0.944 bits per heavy atom. The lowest BCUT2D eigenvalue weighted by atomic mass is 9.65. The first kappa shape index (κ1) is 13.4. The van der Waals surface area contributed by atoms with E-state index in [1.807, 2.05) is 0 Å². The fourth-order valence-corrected chi connectivity index (χ4v) is 3.48. The van der Waals surface area contributed by atoms with Crippen LogP contribution in [0.1, 0.15) is 57.8 Å². The zero-order valence-electron chi connectivity index (χ0n) is 10.9. The van der Waals surface area contributed by atoms with Gasteiger partial charge in [-0.05, 0) is 38.5 Å². The number of Topliss-reactive ketones (excluding diaryl/α,β-unsaturated/α-hetero) is 1. The molecule has 0 N–H and O–H groups in total. The lowest BCUT2D eigenvalue weighted by Gasteiger charge is -2.36. The van der Waals surface area contributed by atoms with Crippen LogP contribution in [0.4, 0.5) is 0 Å². The predicted molar refractivity (Wildman–Crippen MR) is 68.1 cm³/mol.